The number of halogens is 3. The summed E-state index contributed by atoms with van der Waals surface area (Å²) in [5.41, 5.74) is -0.502. The predicted molar refractivity (Wildman–Crippen MR) is 77.1 cm³/mol. The number of likely N-dealkylation sites (tertiary alicyclic amines) is 1. The number of imide groups is 1. The van der Waals surface area contributed by atoms with Crippen LogP contribution in [0, 0.1) is 0 Å². The molecule has 0 bridgehead atoms. The number of carbonyl (C=O) groups is 2. The molecule has 2 aliphatic rings. The van der Waals surface area contributed by atoms with Gasteiger partial charge in [-0.1, -0.05) is 0 Å². The molecule has 10 heteroatoms. The van der Waals surface area contributed by atoms with Crippen LogP contribution in [0.15, 0.2) is 6.07 Å². The van der Waals surface area contributed by atoms with E-state index in [1.807, 2.05) is 4.90 Å². The number of alkyl halides is 3. The van der Waals surface area contributed by atoms with Crippen molar-refractivity contribution in [1.29, 1.82) is 0 Å². The van der Waals surface area contributed by atoms with Crippen molar-refractivity contribution in [2.24, 2.45) is 0 Å². The van der Waals surface area contributed by atoms with Crippen LogP contribution in [0.25, 0.3) is 0 Å². The van der Waals surface area contributed by atoms with Crippen LogP contribution in [0.2, 0.25) is 0 Å². The number of aromatic nitrogens is 2. The summed E-state index contributed by atoms with van der Waals surface area (Å²) in [6.07, 6.45) is -2.97. The molecular formula is C14H18F3N5O2. The number of amides is 3. The minimum atomic E-state index is -4.47. The molecule has 1 aromatic rings. The first-order valence-corrected chi connectivity index (χ1v) is 7.77. The zero-order valence-electron chi connectivity index (χ0n) is 12.9. The Morgan fingerprint density at radius 1 is 1.38 bits per heavy atom. The summed E-state index contributed by atoms with van der Waals surface area (Å²) in [4.78, 5) is 26.7. The molecule has 2 saturated heterocycles. The van der Waals surface area contributed by atoms with Gasteiger partial charge in [-0.05, 0) is 25.5 Å². The first kappa shape index (κ1) is 16.7. The third kappa shape index (κ3) is 3.53. The van der Waals surface area contributed by atoms with Crippen molar-refractivity contribution >= 4 is 11.9 Å². The second-order valence-electron chi connectivity index (χ2n) is 6.06. The fourth-order valence-corrected chi connectivity index (χ4v) is 3.13. The molecule has 1 unspecified atom stereocenters. The fraction of sp³-hybridized carbons (Fsp3) is 0.643. The minimum Gasteiger partial charge on any atom is -0.336 e. The second-order valence-corrected chi connectivity index (χ2v) is 6.06. The van der Waals surface area contributed by atoms with Crippen LogP contribution in [0.1, 0.15) is 30.1 Å². The molecule has 2 fully saturated rings. The van der Waals surface area contributed by atoms with E-state index in [9.17, 15) is 22.8 Å². The van der Waals surface area contributed by atoms with Gasteiger partial charge in [0.25, 0.3) is 0 Å². The number of nitrogens with one attached hydrogen (secondary N) is 2. The maximum atomic E-state index is 12.6. The zero-order valence-corrected chi connectivity index (χ0v) is 12.9. The molecular weight excluding hydrogens is 327 g/mol. The normalized spacial score (nSPS) is 22.7. The Morgan fingerprint density at radius 3 is 2.79 bits per heavy atom. The molecule has 24 heavy (non-hydrogen) atoms. The van der Waals surface area contributed by atoms with Crippen LogP contribution in [-0.4, -0.2) is 64.7 Å². The van der Waals surface area contributed by atoms with E-state index in [0.717, 1.165) is 18.9 Å². The molecule has 0 spiro atoms. The van der Waals surface area contributed by atoms with Gasteiger partial charge in [0.15, 0.2) is 5.69 Å². The van der Waals surface area contributed by atoms with Gasteiger partial charge in [-0.15, -0.1) is 0 Å². The van der Waals surface area contributed by atoms with E-state index < -0.39 is 17.9 Å². The van der Waals surface area contributed by atoms with Gasteiger partial charge in [0, 0.05) is 31.2 Å². The number of urea groups is 1. The highest BCUT2D eigenvalue weighted by atomic mass is 19.4. The summed E-state index contributed by atoms with van der Waals surface area (Å²) >= 11 is 0. The van der Waals surface area contributed by atoms with Crippen molar-refractivity contribution in [1.82, 2.24) is 25.3 Å². The van der Waals surface area contributed by atoms with Gasteiger partial charge in [0.05, 0.1) is 6.54 Å². The number of carbonyl (C=O) groups excluding carboxylic acids is 2. The molecule has 3 amide bonds. The van der Waals surface area contributed by atoms with E-state index in [1.54, 1.807) is 0 Å². The summed E-state index contributed by atoms with van der Waals surface area (Å²) in [7, 11) is 0. The van der Waals surface area contributed by atoms with Gasteiger partial charge in [0.2, 0.25) is 5.91 Å². The highest BCUT2D eigenvalue weighted by Crippen LogP contribution is 2.31. The van der Waals surface area contributed by atoms with Crippen LogP contribution in [-0.2, 0) is 11.0 Å². The van der Waals surface area contributed by atoms with Crippen molar-refractivity contribution in [3.8, 4) is 0 Å². The molecule has 0 aliphatic carbocycles. The Hall–Kier alpha value is -2.10. The summed E-state index contributed by atoms with van der Waals surface area (Å²) in [6.45, 7) is 2.02. The van der Waals surface area contributed by atoms with Gasteiger partial charge in [-0.2, -0.15) is 18.3 Å². The molecule has 1 aromatic heterocycles. The number of aromatic amines is 1. The lowest BCUT2D eigenvalue weighted by Gasteiger charge is -2.32. The highest BCUT2D eigenvalue weighted by molar-refractivity contribution is 5.96. The number of H-pyrrole nitrogens is 1. The molecule has 0 aromatic carbocycles. The van der Waals surface area contributed by atoms with Crippen molar-refractivity contribution in [2.45, 2.75) is 24.9 Å². The lowest BCUT2D eigenvalue weighted by atomic mass is 9.94. The number of nitrogens with zero attached hydrogens (tertiary/aromatic N) is 3. The summed E-state index contributed by atoms with van der Waals surface area (Å²) < 4.78 is 37.9. The van der Waals surface area contributed by atoms with Gasteiger partial charge in [-0.3, -0.25) is 19.7 Å². The zero-order chi connectivity index (χ0) is 17.3. The fourth-order valence-electron chi connectivity index (χ4n) is 3.13. The molecule has 0 radical (unpaired) electrons. The quantitative estimate of drug-likeness (QED) is 0.861. The van der Waals surface area contributed by atoms with E-state index in [1.165, 1.54) is 4.90 Å². The SMILES string of the molecule is O=C(CN1CCCC(c2cc(C(F)(F)F)n[nH]2)C1)N1CCNC1=O. The average Bonchev–Trinajstić information content (AvgIpc) is 3.15. The Morgan fingerprint density at radius 2 is 2.17 bits per heavy atom. The molecule has 0 saturated carbocycles. The number of hydrogen-bond donors (Lipinski definition) is 2. The summed E-state index contributed by atoms with van der Waals surface area (Å²) in [5, 5.41) is 8.35. The van der Waals surface area contributed by atoms with Gasteiger partial charge < -0.3 is 5.32 Å². The van der Waals surface area contributed by atoms with E-state index in [0.29, 0.717) is 31.9 Å². The monoisotopic (exact) mass is 345 g/mol. The maximum absolute atomic E-state index is 12.6. The summed E-state index contributed by atoms with van der Waals surface area (Å²) in [6, 6.07) is 0.640. The third-order valence-electron chi connectivity index (χ3n) is 4.35. The van der Waals surface area contributed by atoms with E-state index in [-0.39, 0.29) is 18.4 Å². The Balaban J connectivity index is 1.61. The molecule has 1 atom stereocenters. The second kappa shape index (κ2) is 6.42. The van der Waals surface area contributed by atoms with Crippen LogP contribution < -0.4 is 5.32 Å². The van der Waals surface area contributed by atoms with Crippen molar-refractivity contribution in [2.75, 3.05) is 32.7 Å². The molecule has 7 nitrogen and oxygen atoms in total. The van der Waals surface area contributed by atoms with E-state index >= 15 is 0 Å². The summed E-state index contributed by atoms with van der Waals surface area (Å²) in [5.74, 6) is -0.422. The van der Waals surface area contributed by atoms with Crippen molar-refractivity contribution in [3.05, 3.63) is 17.5 Å². The average molecular weight is 345 g/mol. The van der Waals surface area contributed by atoms with E-state index in [4.69, 9.17) is 0 Å². The largest absolute Gasteiger partial charge is 0.435 e. The maximum Gasteiger partial charge on any atom is 0.435 e. The van der Waals surface area contributed by atoms with Crippen molar-refractivity contribution < 1.29 is 22.8 Å². The van der Waals surface area contributed by atoms with Gasteiger partial charge >= 0.3 is 12.2 Å². The Kier molecular flexibility index (Phi) is 4.48. The Bertz CT molecular complexity index is 630. The molecule has 2 N–H and O–H groups in total. The van der Waals surface area contributed by atoms with Gasteiger partial charge in [-0.25, -0.2) is 4.79 Å². The smallest absolute Gasteiger partial charge is 0.336 e. The van der Waals surface area contributed by atoms with Crippen molar-refractivity contribution in [3.63, 3.8) is 0 Å². The Labute approximate surface area is 136 Å². The number of hydrogen-bond acceptors (Lipinski definition) is 4. The predicted octanol–water partition coefficient (Wildman–Crippen LogP) is 1.16. The van der Waals surface area contributed by atoms with Crippen LogP contribution in [0.3, 0.4) is 0 Å². The van der Waals surface area contributed by atoms with Crippen LogP contribution >= 0.6 is 0 Å². The number of rotatable bonds is 3. The van der Waals surface area contributed by atoms with Crippen LogP contribution in [0.4, 0.5) is 18.0 Å². The lowest BCUT2D eigenvalue weighted by molar-refractivity contribution is -0.141. The minimum absolute atomic E-state index is 0.0875. The first-order chi connectivity index (χ1) is 11.3. The number of piperidine rings is 1. The third-order valence-corrected chi connectivity index (χ3v) is 4.35. The molecule has 2 aliphatic heterocycles. The molecule has 3 rings (SSSR count). The molecule has 132 valence electrons. The van der Waals surface area contributed by atoms with E-state index in [2.05, 4.69) is 15.5 Å². The topological polar surface area (TPSA) is 81.3 Å². The highest BCUT2D eigenvalue weighted by Gasteiger charge is 2.35. The molecule has 3 heterocycles. The lowest BCUT2D eigenvalue weighted by Crippen LogP contribution is -2.44. The van der Waals surface area contributed by atoms with Gasteiger partial charge in [0.1, 0.15) is 0 Å². The standard InChI is InChI=1S/C14H18F3N5O2/c15-14(16,17)11-6-10(19-20-11)9-2-1-4-21(7-9)8-12(23)22-5-3-18-13(22)24/h6,9H,1-5,7-8H2,(H,18,24)(H,19,20). The van der Waals surface area contributed by atoms with Crippen LogP contribution in [0.5, 0.6) is 0 Å². The first-order valence-electron chi connectivity index (χ1n) is 7.77.